The summed E-state index contributed by atoms with van der Waals surface area (Å²) < 4.78 is 5.00. The predicted octanol–water partition coefficient (Wildman–Crippen LogP) is 3.02. The van der Waals surface area contributed by atoms with Crippen molar-refractivity contribution in [2.45, 2.75) is 34.1 Å². The topological polar surface area (TPSA) is 76.7 Å². The molecular formula is C15H23N3O2. The minimum Gasteiger partial charge on any atom is -0.449 e. The minimum atomic E-state index is -0.573. The Hall–Kier alpha value is -2.04. The van der Waals surface area contributed by atoms with Crippen LogP contribution in [0.4, 0.5) is 10.5 Å². The maximum Gasteiger partial charge on any atom is 0.413 e. The molecule has 0 aliphatic carbocycles. The third-order valence-corrected chi connectivity index (χ3v) is 2.61. The summed E-state index contributed by atoms with van der Waals surface area (Å²) in [6.45, 7) is 8.47. The number of rotatable bonds is 4. The first-order valence-electron chi connectivity index (χ1n) is 6.73. The maximum atomic E-state index is 11.5. The van der Waals surface area contributed by atoms with Crippen LogP contribution in [0.3, 0.4) is 0 Å². The number of carbonyl (C=O) groups is 1. The van der Waals surface area contributed by atoms with Crippen LogP contribution in [0.5, 0.6) is 0 Å². The number of benzene rings is 1. The van der Waals surface area contributed by atoms with E-state index in [1.807, 2.05) is 32.0 Å². The van der Waals surface area contributed by atoms with Gasteiger partial charge in [-0.1, -0.05) is 19.9 Å². The van der Waals surface area contributed by atoms with Crippen LogP contribution in [0, 0.1) is 19.8 Å². The summed E-state index contributed by atoms with van der Waals surface area (Å²) in [6.07, 6.45) is 0.248. The first-order chi connectivity index (χ1) is 9.36. The summed E-state index contributed by atoms with van der Waals surface area (Å²) >= 11 is 0. The molecule has 0 saturated carbocycles. The highest BCUT2D eigenvalue weighted by Crippen LogP contribution is 2.16. The van der Waals surface area contributed by atoms with E-state index in [1.165, 1.54) is 0 Å². The largest absolute Gasteiger partial charge is 0.449 e. The fourth-order valence-electron chi connectivity index (χ4n) is 1.71. The fourth-order valence-corrected chi connectivity index (χ4v) is 1.71. The number of hydrogen-bond donors (Lipinski definition) is 2. The molecule has 0 bridgehead atoms. The first-order valence-corrected chi connectivity index (χ1v) is 6.73. The second kappa shape index (κ2) is 7.53. The van der Waals surface area contributed by atoms with E-state index in [9.17, 15) is 4.79 Å². The molecule has 0 aliphatic heterocycles. The minimum absolute atomic E-state index is 0.0320. The normalized spacial score (nSPS) is 11.6. The summed E-state index contributed by atoms with van der Waals surface area (Å²) in [5.41, 5.74) is 8.57. The Balaban J connectivity index is 2.54. The third-order valence-electron chi connectivity index (χ3n) is 2.61. The van der Waals surface area contributed by atoms with Crippen molar-refractivity contribution in [3.63, 3.8) is 0 Å². The van der Waals surface area contributed by atoms with E-state index in [0.717, 1.165) is 17.5 Å². The number of nitrogens with two attached hydrogens (primary N) is 1. The van der Waals surface area contributed by atoms with Gasteiger partial charge in [-0.15, -0.1) is 0 Å². The summed E-state index contributed by atoms with van der Waals surface area (Å²) in [6, 6.07) is 5.83. The highest BCUT2D eigenvalue weighted by molar-refractivity contribution is 5.94. The van der Waals surface area contributed by atoms with Crippen molar-refractivity contribution in [2.75, 3.05) is 6.61 Å². The van der Waals surface area contributed by atoms with Crippen molar-refractivity contribution in [3.8, 4) is 0 Å². The van der Waals surface area contributed by atoms with Crippen molar-refractivity contribution in [2.24, 2.45) is 16.6 Å². The van der Waals surface area contributed by atoms with E-state index >= 15 is 0 Å². The molecule has 20 heavy (non-hydrogen) atoms. The van der Waals surface area contributed by atoms with Gasteiger partial charge >= 0.3 is 6.09 Å². The molecule has 0 unspecified atom stereocenters. The molecular weight excluding hydrogens is 254 g/mol. The molecule has 5 nitrogen and oxygen atoms in total. The van der Waals surface area contributed by atoms with Crippen molar-refractivity contribution in [1.29, 1.82) is 0 Å². The number of guanidine groups is 1. The molecule has 110 valence electrons. The van der Waals surface area contributed by atoms with E-state index in [1.54, 1.807) is 0 Å². The highest BCUT2D eigenvalue weighted by atomic mass is 16.5. The van der Waals surface area contributed by atoms with Gasteiger partial charge in [0, 0.05) is 0 Å². The Bertz CT molecular complexity index is 476. The molecule has 1 amide bonds. The first kappa shape index (κ1) is 16.0. The molecule has 0 fully saturated rings. The molecule has 5 heteroatoms. The molecule has 1 aromatic rings. The summed E-state index contributed by atoms with van der Waals surface area (Å²) in [4.78, 5) is 15.6. The number of nitrogens with zero attached hydrogens (tertiary/aromatic N) is 1. The van der Waals surface area contributed by atoms with E-state index in [2.05, 4.69) is 24.2 Å². The van der Waals surface area contributed by atoms with Crippen molar-refractivity contribution >= 4 is 17.7 Å². The number of carbonyl (C=O) groups excluding carboxylic acids is 1. The van der Waals surface area contributed by atoms with Gasteiger partial charge in [-0.25, -0.2) is 9.79 Å². The van der Waals surface area contributed by atoms with E-state index in [4.69, 9.17) is 10.5 Å². The predicted molar refractivity (Wildman–Crippen MR) is 81.1 cm³/mol. The Labute approximate surface area is 120 Å². The van der Waals surface area contributed by atoms with Crippen molar-refractivity contribution < 1.29 is 9.53 Å². The van der Waals surface area contributed by atoms with Gasteiger partial charge in [0.25, 0.3) is 0 Å². The molecule has 0 radical (unpaired) electrons. The van der Waals surface area contributed by atoms with Crippen molar-refractivity contribution in [3.05, 3.63) is 29.3 Å². The lowest BCUT2D eigenvalue weighted by molar-refractivity contribution is 0.146. The number of alkyl carbamates (subject to hydrolysis) is 1. The quantitative estimate of drug-likeness (QED) is 0.656. The molecule has 1 aromatic carbocycles. The van der Waals surface area contributed by atoms with Crippen LogP contribution < -0.4 is 11.1 Å². The Morgan fingerprint density at radius 2 is 1.90 bits per heavy atom. The molecule has 0 heterocycles. The zero-order chi connectivity index (χ0) is 15.1. The van der Waals surface area contributed by atoms with Crippen molar-refractivity contribution in [1.82, 2.24) is 5.32 Å². The average Bonchev–Trinajstić information content (AvgIpc) is 2.25. The summed E-state index contributed by atoms with van der Waals surface area (Å²) in [5.74, 6) is 0.522. The van der Waals surface area contributed by atoms with Gasteiger partial charge in [0.15, 0.2) is 0 Å². The lowest BCUT2D eigenvalue weighted by atomic mass is 10.1. The SMILES string of the molecule is Cc1cc(C)cc(N=C(N)NC(=O)OCCC(C)C)c1. The monoisotopic (exact) mass is 277 g/mol. The van der Waals surface area contributed by atoms with Gasteiger partial charge < -0.3 is 10.5 Å². The van der Waals surface area contributed by atoms with Crippen LogP contribution in [0.25, 0.3) is 0 Å². The van der Waals surface area contributed by atoms with Gasteiger partial charge in [-0.2, -0.15) is 0 Å². The van der Waals surface area contributed by atoms with Crippen LogP contribution in [-0.2, 0) is 4.74 Å². The summed E-state index contributed by atoms with van der Waals surface area (Å²) in [5, 5.41) is 2.41. The van der Waals surface area contributed by atoms with Crippen LogP contribution in [-0.4, -0.2) is 18.7 Å². The van der Waals surface area contributed by atoms with Gasteiger partial charge in [-0.3, -0.25) is 5.32 Å². The molecule has 0 aromatic heterocycles. The molecule has 0 spiro atoms. The lowest BCUT2D eigenvalue weighted by Gasteiger charge is -2.08. The van der Waals surface area contributed by atoms with Crippen LogP contribution in [0.1, 0.15) is 31.4 Å². The Morgan fingerprint density at radius 3 is 2.45 bits per heavy atom. The number of aryl methyl sites for hydroxylation is 2. The average molecular weight is 277 g/mol. The van der Waals surface area contributed by atoms with E-state index < -0.39 is 6.09 Å². The number of aliphatic imine (C=N–C) groups is 1. The molecule has 0 saturated heterocycles. The van der Waals surface area contributed by atoms with Crippen LogP contribution in [0.2, 0.25) is 0 Å². The Morgan fingerprint density at radius 1 is 1.30 bits per heavy atom. The highest BCUT2D eigenvalue weighted by Gasteiger charge is 2.05. The number of hydrogen-bond acceptors (Lipinski definition) is 3. The zero-order valence-corrected chi connectivity index (χ0v) is 12.6. The van der Waals surface area contributed by atoms with Crippen LogP contribution in [0.15, 0.2) is 23.2 Å². The van der Waals surface area contributed by atoms with Gasteiger partial charge in [0.05, 0.1) is 12.3 Å². The van der Waals surface area contributed by atoms with Gasteiger partial charge in [-0.05, 0) is 49.4 Å². The Kier molecular flexibility index (Phi) is 6.03. The molecule has 3 N–H and O–H groups in total. The third kappa shape index (κ3) is 6.22. The molecule has 0 aliphatic rings. The molecule has 0 atom stereocenters. The number of nitrogens with one attached hydrogen (secondary N) is 1. The lowest BCUT2D eigenvalue weighted by Crippen LogP contribution is -2.37. The second-order valence-corrected chi connectivity index (χ2v) is 5.29. The van der Waals surface area contributed by atoms with Gasteiger partial charge in [0.1, 0.15) is 0 Å². The summed E-state index contributed by atoms with van der Waals surface area (Å²) in [7, 11) is 0. The maximum absolute atomic E-state index is 11.5. The van der Waals surface area contributed by atoms with Gasteiger partial charge in [0.2, 0.25) is 5.96 Å². The zero-order valence-electron chi connectivity index (χ0n) is 12.6. The van der Waals surface area contributed by atoms with Crippen LogP contribution >= 0.6 is 0 Å². The number of amides is 1. The molecule has 1 rings (SSSR count). The standard InChI is InChI=1S/C15H23N3O2/c1-10(2)5-6-20-15(19)18-14(16)17-13-8-11(3)7-12(4)9-13/h7-10H,5-6H2,1-4H3,(H3,16,17,18,19). The smallest absolute Gasteiger partial charge is 0.413 e. The van der Waals surface area contributed by atoms with E-state index in [0.29, 0.717) is 18.2 Å². The second-order valence-electron chi connectivity index (χ2n) is 5.29. The van der Waals surface area contributed by atoms with E-state index in [-0.39, 0.29) is 5.96 Å². The fraction of sp³-hybridized carbons (Fsp3) is 0.467. The number of ether oxygens (including phenoxy) is 1.